The van der Waals surface area contributed by atoms with E-state index >= 15 is 0 Å². The predicted octanol–water partition coefficient (Wildman–Crippen LogP) is 9.73. The minimum absolute atomic E-state index is 0.0379. The van der Waals surface area contributed by atoms with Gasteiger partial charge in [-0.15, -0.1) is 0 Å². The molecule has 1 amide bonds. The first-order valence-electron chi connectivity index (χ1n) is 18.2. The molecule has 270 valence electrons. The summed E-state index contributed by atoms with van der Waals surface area (Å²) in [5, 5.41) is 1.22. The average Bonchev–Trinajstić information content (AvgIpc) is 3.12. The summed E-state index contributed by atoms with van der Waals surface area (Å²) in [5.74, 6) is 0.410. The summed E-state index contributed by atoms with van der Waals surface area (Å²) in [6, 6.07) is 11.7. The molecular weight excluding hydrogens is 669 g/mol. The Morgan fingerprint density at radius 2 is 1.56 bits per heavy atom. The number of esters is 1. The number of halogens is 2. The highest BCUT2D eigenvalue weighted by atomic mass is 35.5. The lowest BCUT2D eigenvalue weighted by Gasteiger charge is -2.36. The summed E-state index contributed by atoms with van der Waals surface area (Å²) in [4.78, 5) is 31.6. The Labute approximate surface area is 309 Å². The second-order valence-corrected chi connectivity index (χ2v) is 13.4. The number of rotatable bonds is 20. The van der Waals surface area contributed by atoms with Crippen LogP contribution in [-0.4, -0.2) is 62.8 Å². The summed E-state index contributed by atoms with van der Waals surface area (Å²) in [7, 11) is 0. The minimum Gasteiger partial charge on any atom is -0.494 e. The van der Waals surface area contributed by atoms with E-state index < -0.39 is 0 Å². The van der Waals surface area contributed by atoms with Gasteiger partial charge in [0.25, 0.3) is 0 Å². The van der Waals surface area contributed by atoms with Crippen molar-refractivity contribution in [1.82, 2.24) is 4.90 Å². The lowest BCUT2D eigenvalue weighted by atomic mass is 10.0. The van der Waals surface area contributed by atoms with Crippen LogP contribution in [0.5, 0.6) is 5.75 Å². The Kier molecular flexibility index (Phi) is 17.5. The van der Waals surface area contributed by atoms with Gasteiger partial charge in [-0.1, -0.05) is 83.9 Å². The second-order valence-electron chi connectivity index (χ2n) is 12.7. The van der Waals surface area contributed by atoms with Crippen molar-refractivity contribution >= 4 is 46.5 Å². The third-order valence-corrected chi connectivity index (χ3v) is 9.76. The van der Waals surface area contributed by atoms with Crippen LogP contribution in [0.15, 0.2) is 85.0 Å². The van der Waals surface area contributed by atoms with Crippen LogP contribution in [-0.2, 0) is 20.7 Å². The normalized spacial score (nSPS) is 15.6. The molecule has 0 aliphatic carbocycles. The number of benzene rings is 2. The van der Waals surface area contributed by atoms with E-state index in [0.717, 1.165) is 107 Å². The van der Waals surface area contributed by atoms with Crippen molar-refractivity contribution in [3.63, 3.8) is 0 Å². The van der Waals surface area contributed by atoms with Crippen molar-refractivity contribution in [2.45, 2.75) is 77.6 Å². The van der Waals surface area contributed by atoms with Crippen molar-refractivity contribution in [2.24, 2.45) is 0 Å². The van der Waals surface area contributed by atoms with E-state index in [1.54, 1.807) is 4.90 Å². The highest BCUT2D eigenvalue weighted by Crippen LogP contribution is 2.33. The maximum absolute atomic E-state index is 12.8. The van der Waals surface area contributed by atoms with E-state index in [-0.39, 0.29) is 18.6 Å². The van der Waals surface area contributed by atoms with Gasteiger partial charge in [-0.2, -0.15) is 0 Å². The van der Waals surface area contributed by atoms with E-state index in [9.17, 15) is 9.59 Å². The van der Waals surface area contributed by atoms with Crippen molar-refractivity contribution in [3.05, 3.63) is 101 Å². The predicted molar refractivity (Wildman–Crippen MR) is 208 cm³/mol. The lowest BCUT2D eigenvalue weighted by molar-refractivity contribution is -0.144. The Bertz CT molecular complexity index is 1480. The number of nitrogens with zero attached hydrogens (tertiary/aromatic N) is 3. The van der Waals surface area contributed by atoms with E-state index in [4.69, 9.17) is 32.7 Å². The summed E-state index contributed by atoms with van der Waals surface area (Å²) in [5.41, 5.74) is 2.84. The topological polar surface area (TPSA) is 62.3 Å². The molecule has 0 bridgehead atoms. The SMILES string of the molecule is C/C=C\C/C=C\C/C=C\C/C=C\CCCCC(=O)OCN1C(=O)CCc2ccc(OCCCCN3CCN(c4cccc(Cl)c4Cl)CC3)cc21. The summed E-state index contributed by atoms with van der Waals surface area (Å²) < 4.78 is 11.6. The van der Waals surface area contributed by atoms with Gasteiger partial charge < -0.3 is 14.4 Å². The number of hydrogen-bond donors (Lipinski definition) is 0. The molecule has 0 saturated carbocycles. The second kappa shape index (κ2) is 22.3. The van der Waals surface area contributed by atoms with E-state index in [0.29, 0.717) is 35.9 Å². The average molecular weight is 723 g/mol. The van der Waals surface area contributed by atoms with Crippen LogP contribution in [0.3, 0.4) is 0 Å². The number of anilines is 2. The molecule has 7 nitrogen and oxygen atoms in total. The Balaban J connectivity index is 1.09. The molecule has 0 spiro atoms. The van der Waals surface area contributed by atoms with Crippen LogP contribution in [0, 0.1) is 0 Å². The number of fused-ring (bicyclic) bond motifs is 1. The zero-order valence-electron chi connectivity index (χ0n) is 29.5. The number of allylic oxidation sites excluding steroid dienone is 8. The largest absolute Gasteiger partial charge is 0.494 e. The van der Waals surface area contributed by atoms with Crippen molar-refractivity contribution in [3.8, 4) is 5.75 Å². The number of piperazine rings is 1. The van der Waals surface area contributed by atoms with Crippen LogP contribution < -0.4 is 14.5 Å². The van der Waals surface area contributed by atoms with Gasteiger partial charge >= 0.3 is 5.97 Å². The summed E-state index contributed by atoms with van der Waals surface area (Å²) >= 11 is 12.6. The third-order valence-electron chi connectivity index (χ3n) is 8.95. The summed E-state index contributed by atoms with van der Waals surface area (Å²) in [6.07, 6.45) is 26.1. The van der Waals surface area contributed by atoms with Gasteiger partial charge in [-0.25, -0.2) is 0 Å². The molecule has 9 heteroatoms. The van der Waals surface area contributed by atoms with Crippen LogP contribution >= 0.6 is 23.2 Å². The highest BCUT2D eigenvalue weighted by Gasteiger charge is 2.26. The maximum atomic E-state index is 12.8. The Morgan fingerprint density at radius 3 is 2.32 bits per heavy atom. The number of hydrogen-bond acceptors (Lipinski definition) is 6. The first-order valence-corrected chi connectivity index (χ1v) is 18.9. The monoisotopic (exact) mass is 721 g/mol. The molecule has 0 radical (unpaired) electrons. The molecule has 2 aromatic carbocycles. The van der Waals surface area contributed by atoms with Gasteiger partial charge in [0.05, 0.1) is 28.0 Å². The van der Waals surface area contributed by atoms with Gasteiger partial charge in [-0.05, 0) is 95.0 Å². The first-order chi connectivity index (χ1) is 24.5. The van der Waals surface area contributed by atoms with Gasteiger partial charge in [0, 0.05) is 45.1 Å². The maximum Gasteiger partial charge on any atom is 0.307 e. The number of carbonyl (C=O) groups is 2. The molecule has 1 fully saturated rings. The summed E-state index contributed by atoms with van der Waals surface area (Å²) in [6.45, 7) is 7.38. The van der Waals surface area contributed by atoms with Crippen LogP contribution in [0.4, 0.5) is 11.4 Å². The van der Waals surface area contributed by atoms with Gasteiger partial charge in [0.1, 0.15) is 5.75 Å². The van der Waals surface area contributed by atoms with Crippen LogP contribution in [0.2, 0.25) is 10.0 Å². The quantitative estimate of drug-likeness (QED) is 0.0771. The smallest absolute Gasteiger partial charge is 0.307 e. The molecule has 50 heavy (non-hydrogen) atoms. The molecule has 2 aliphatic rings. The molecule has 2 aliphatic heterocycles. The van der Waals surface area contributed by atoms with Crippen LogP contribution in [0.1, 0.15) is 76.7 Å². The fourth-order valence-electron chi connectivity index (χ4n) is 6.04. The first kappa shape index (κ1) is 39.3. The number of amides is 1. The van der Waals surface area contributed by atoms with Crippen molar-refractivity contribution in [1.29, 1.82) is 0 Å². The zero-order chi connectivity index (χ0) is 35.4. The van der Waals surface area contributed by atoms with Gasteiger partial charge in [0.2, 0.25) is 5.91 Å². The fraction of sp³-hybridized carbons (Fsp3) is 0.463. The Hall–Kier alpha value is -3.52. The molecule has 0 atom stereocenters. The molecule has 0 aromatic heterocycles. The molecule has 2 heterocycles. The third kappa shape index (κ3) is 13.3. The van der Waals surface area contributed by atoms with Crippen molar-refractivity contribution in [2.75, 3.05) is 55.9 Å². The highest BCUT2D eigenvalue weighted by molar-refractivity contribution is 6.43. The number of ether oxygens (including phenoxy) is 2. The van der Waals surface area contributed by atoms with E-state index in [2.05, 4.69) is 58.4 Å². The molecule has 4 rings (SSSR count). The number of aryl methyl sites for hydroxylation is 1. The zero-order valence-corrected chi connectivity index (χ0v) is 31.1. The molecular formula is C41H53Cl2N3O4. The minimum atomic E-state index is -0.276. The number of unbranched alkanes of at least 4 members (excludes halogenated alkanes) is 3. The standard InChI is InChI=1S/C41H53Cl2N3O4/c1-2-3-4-5-6-7-8-9-10-11-12-13-14-15-21-40(48)50-33-46-38-32-35(24-22-34(38)23-25-39(46)47)49-31-17-16-26-44-27-29-45(30-28-44)37-20-18-19-36(42)41(37)43/h2-3,5-6,8-9,11-12,18-20,22,24,32H,4,7,10,13-17,21,23,25-31,33H2,1H3/b3-2-,6-5-,9-8-,12-11-. The number of carbonyl (C=O) groups excluding carboxylic acids is 2. The molecule has 0 N–H and O–H groups in total. The van der Waals surface area contributed by atoms with Gasteiger partial charge in [-0.3, -0.25) is 19.4 Å². The fourth-order valence-corrected chi connectivity index (χ4v) is 6.45. The van der Waals surface area contributed by atoms with E-state index in [1.807, 2.05) is 43.3 Å². The van der Waals surface area contributed by atoms with Gasteiger partial charge in [0.15, 0.2) is 6.73 Å². The molecule has 1 saturated heterocycles. The molecule has 0 unspecified atom stereocenters. The Morgan fingerprint density at radius 1 is 0.820 bits per heavy atom. The van der Waals surface area contributed by atoms with Crippen molar-refractivity contribution < 1.29 is 19.1 Å². The lowest BCUT2D eigenvalue weighted by Crippen LogP contribution is -2.46. The van der Waals surface area contributed by atoms with Crippen LogP contribution in [0.25, 0.3) is 0 Å². The molecule has 2 aromatic rings. The van der Waals surface area contributed by atoms with E-state index in [1.165, 1.54) is 0 Å².